The third-order valence-electron chi connectivity index (χ3n) is 4.50. The smallest absolute Gasteiger partial charge is 0.242 e. The zero-order valence-corrected chi connectivity index (χ0v) is 12.0. The normalized spacial score (nSPS) is 26.6. The van der Waals surface area contributed by atoms with E-state index in [4.69, 9.17) is 0 Å². The minimum Gasteiger partial charge on any atom is -0.340 e. The minimum atomic E-state index is -0.438. The fourth-order valence-corrected chi connectivity index (χ4v) is 3.05. The molecule has 4 nitrogen and oxygen atoms in total. The molecular weight excluding hydrogens is 226 g/mol. The summed E-state index contributed by atoms with van der Waals surface area (Å²) >= 11 is 0. The molecule has 0 bridgehead atoms. The van der Waals surface area contributed by atoms with E-state index in [9.17, 15) is 4.79 Å². The first-order chi connectivity index (χ1) is 8.54. The van der Waals surface area contributed by atoms with Crippen LogP contribution in [-0.4, -0.2) is 60.5 Å². The number of carbonyl (C=O) groups is 1. The minimum absolute atomic E-state index is 0.244. The van der Waals surface area contributed by atoms with Crippen LogP contribution in [0, 0.1) is 0 Å². The van der Waals surface area contributed by atoms with Gasteiger partial charge in [0.1, 0.15) is 0 Å². The van der Waals surface area contributed by atoms with Gasteiger partial charge in [-0.05, 0) is 59.7 Å². The Morgan fingerprint density at radius 1 is 1.17 bits per heavy atom. The molecule has 0 aliphatic carbocycles. The second-order valence-corrected chi connectivity index (χ2v) is 6.17. The van der Waals surface area contributed by atoms with Gasteiger partial charge in [-0.3, -0.25) is 9.69 Å². The number of amides is 1. The van der Waals surface area contributed by atoms with E-state index in [1.54, 1.807) is 0 Å². The SMILES string of the molecule is CNC(C)(C)C(=O)N1CCCC(N2CCCC2)C1. The van der Waals surface area contributed by atoms with Gasteiger partial charge in [0.25, 0.3) is 0 Å². The Hall–Kier alpha value is -0.610. The van der Waals surface area contributed by atoms with Crippen LogP contribution in [0.25, 0.3) is 0 Å². The Balaban J connectivity index is 1.95. The molecule has 104 valence electrons. The highest BCUT2D eigenvalue weighted by molar-refractivity contribution is 5.85. The predicted octanol–water partition coefficient (Wildman–Crippen LogP) is 1.07. The molecule has 1 unspecified atom stereocenters. The monoisotopic (exact) mass is 253 g/mol. The third-order valence-corrected chi connectivity index (χ3v) is 4.50. The number of nitrogens with one attached hydrogen (secondary N) is 1. The maximum atomic E-state index is 12.5. The van der Waals surface area contributed by atoms with Crippen LogP contribution in [0.15, 0.2) is 0 Å². The van der Waals surface area contributed by atoms with Crippen LogP contribution in [0.5, 0.6) is 0 Å². The van der Waals surface area contributed by atoms with Crippen molar-refractivity contribution in [2.24, 2.45) is 0 Å². The largest absolute Gasteiger partial charge is 0.340 e. The van der Waals surface area contributed by atoms with Crippen LogP contribution >= 0.6 is 0 Å². The maximum absolute atomic E-state index is 12.5. The van der Waals surface area contributed by atoms with E-state index in [0.717, 1.165) is 19.5 Å². The van der Waals surface area contributed by atoms with E-state index in [1.165, 1.54) is 32.4 Å². The molecule has 18 heavy (non-hydrogen) atoms. The van der Waals surface area contributed by atoms with E-state index in [1.807, 2.05) is 20.9 Å². The third kappa shape index (κ3) is 2.86. The number of hydrogen-bond acceptors (Lipinski definition) is 3. The molecule has 0 spiro atoms. The number of carbonyl (C=O) groups excluding carboxylic acids is 1. The van der Waals surface area contributed by atoms with Gasteiger partial charge in [-0.1, -0.05) is 0 Å². The van der Waals surface area contributed by atoms with Crippen LogP contribution in [0.3, 0.4) is 0 Å². The number of nitrogens with zero attached hydrogens (tertiary/aromatic N) is 2. The summed E-state index contributed by atoms with van der Waals surface area (Å²) in [5.74, 6) is 0.244. The van der Waals surface area contributed by atoms with E-state index in [2.05, 4.69) is 15.1 Å². The first-order valence-electron chi connectivity index (χ1n) is 7.27. The van der Waals surface area contributed by atoms with Crippen LogP contribution < -0.4 is 5.32 Å². The summed E-state index contributed by atoms with van der Waals surface area (Å²) in [7, 11) is 1.86. The topological polar surface area (TPSA) is 35.6 Å². The second kappa shape index (κ2) is 5.57. The van der Waals surface area contributed by atoms with Gasteiger partial charge in [0.2, 0.25) is 5.91 Å². The lowest BCUT2D eigenvalue weighted by Gasteiger charge is -2.40. The summed E-state index contributed by atoms with van der Waals surface area (Å²) in [5.41, 5.74) is -0.438. The summed E-state index contributed by atoms with van der Waals surface area (Å²) in [6.07, 6.45) is 5.05. The van der Waals surface area contributed by atoms with E-state index >= 15 is 0 Å². The molecule has 2 aliphatic rings. The molecule has 0 aromatic carbocycles. The van der Waals surface area contributed by atoms with E-state index < -0.39 is 5.54 Å². The molecule has 1 amide bonds. The van der Waals surface area contributed by atoms with Crippen molar-refractivity contribution in [3.63, 3.8) is 0 Å². The fraction of sp³-hybridized carbons (Fsp3) is 0.929. The Morgan fingerprint density at radius 2 is 1.83 bits per heavy atom. The molecule has 4 heteroatoms. The Labute approximate surface area is 111 Å². The van der Waals surface area contributed by atoms with Gasteiger partial charge in [-0.15, -0.1) is 0 Å². The lowest BCUT2D eigenvalue weighted by molar-refractivity contribution is -0.139. The van der Waals surface area contributed by atoms with Gasteiger partial charge in [-0.25, -0.2) is 0 Å². The van der Waals surface area contributed by atoms with Crippen LogP contribution in [0.2, 0.25) is 0 Å². The molecule has 2 heterocycles. The second-order valence-electron chi connectivity index (χ2n) is 6.17. The Morgan fingerprint density at radius 3 is 2.44 bits per heavy atom. The molecule has 1 atom stereocenters. The molecule has 2 aliphatic heterocycles. The van der Waals surface area contributed by atoms with Crippen molar-refractivity contribution in [2.45, 2.75) is 51.1 Å². The number of likely N-dealkylation sites (tertiary alicyclic amines) is 2. The van der Waals surface area contributed by atoms with Gasteiger partial charge < -0.3 is 10.2 Å². The molecule has 2 saturated heterocycles. The van der Waals surface area contributed by atoms with Crippen LogP contribution in [0.1, 0.15) is 39.5 Å². The molecule has 0 saturated carbocycles. The average molecular weight is 253 g/mol. The van der Waals surface area contributed by atoms with Crippen molar-refractivity contribution in [3.05, 3.63) is 0 Å². The Bertz CT molecular complexity index is 297. The molecule has 0 radical (unpaired) electrons. The first kappa shape index (κ1) is 13.8. The molecule has 1 N–H and O–H groups in total. The van der Waals surface area contributed by atoms with Crippen molar-refractivity contribution < 1.29 is 4.79 Å². The van der Waals surface area contributed by atoms with Crippen molar-refractivity contribution >= 4 is 5.91 Å². The van der Waals surface area contributed by atoms with Crippen molar-refractivity contribution in [1.82, 2.24) is 15.1 Å². The van der Waals surface area contributed by atoms with Gasteiger partial charge in [0, 0.05) is 19.1 Å². The quantitative estimate of drug-likeness (QED) is 0.817. The Kier molecular flexibility index (Phi) is 4.28. The van der Waals surface area contributed by atoms with Gasteiger partial charge in [-0.2, -0.15) is 0 Å². The van der Waals surface area contributed by atoms with E-state index in [0.29, 0.717) is 6.04 Å². The van der Waals surface area contributed by atoms with Crippen molar-refractivity contribution in [2.75, 3.05) is 33.2 Å². The number of rotatable bonds is 3. The average Bonchev–Trinajstić information content (AvgIpc) is 2.92. The molecule has 2 rings (SSSR count). The highest BCUT2D eigenvalue weighted by Gasteiger charge is 2.35. The summed E-state index contributed by atoms with van der Waals surface area (Å²) < 4.78 is 0. The highest BCUT2D eigenvalue weighted by atomic mass is 16.2. The first-order valence-corrected chi connectivity index (χ1v) is 7.27. The zero-order chi connectivity index (χ0) is 13.2. The molecule has 0 aromatic heterocycles. The molecule has 0 aromatic rings. The lowest BCUT2D eigenvalue weighted by Crippen LogP contribution is -2.57. The highest BCUT2D eigenvalue weighted by Crippen LogP contribution is 2.22. The summed E-state index contributed by atoms with van der Waals surface area (Å²) in [6.45, 7) is 8.23. The van der Waals surface area contributed by atoms with Crippen molar-refractivity contribution in [3.8, 4) is 0 Å². The van der Waals surface area contributed by atoms with Gasteiger partial charge in [0.15, 0.2) is 0 Å². The maximum Gasteiger partial charge on any atom is 0.242 e. The summed E-state index contributed by atoms with van der Waals surface area (Å²) in [5, 5.41) is 3.12. The lowest BCUT2D eigenvalue weighted by atomic mass is 9.99. The molecule has 2 fully saturated rings. The van der Waals surface area contributed by atoms with Crippen molar-refractivity contribution in [1.29, 1.82) is 0 Å². The van der Waals surface area contributed by atoms with Gasteiger partial charge >= 0.3 is 0 Å². The van der Waals surface area contributed by atoms with Crippen LogP contribution in [0.4, 0.5) is 0 Å². The number of likely N-dealkylation sites (N-methyl/N-ethyl adjacent to an activating group) is 1. The standard InChI is InChI=1S/C14H27N3O/c1-14(2,15-3)13(18)17-10-6-7-12(11-17)16-8-4-5-9-16/h12,15H,4-11H2,1-3H3. The van der Waals surface area contributed by atoms with Crippen LogP contribution in [-0.2, 0) is 4.79 Å². The fourth-order valence-electron chi connectivity index (χ4n) is 3.05. The molecular formula is C14H27N3O. The summed E-state index contributed by atoms with van der Waals surface area (Å²) in [6, 6.07) is 0.595. The summed E-state index contributed by atoms with van der Waals surface area (Å²) in [4.78, 5) is 17.1. The predicted molar refractivity (Wildman–Crippen MR) is 73.5 cm³/mol. The number of piperidine rings is 1. The zero-order valence-electron chi connectivity index (χ0n) is 12.0. The van der Waals surface area contributed by atoms with E-state index in [-0.39, 0.29) is 5.91 Å². The number of hydrogen-bond donors (Lipinski definition) is 1. The van der Waals surface area contributed by atoms with Gasteiger partial charge in [0.05, 0.1) is 5.54 Å².